The topological polar surface area (TPSA) is 76.9 Å². The monoisotopic (exact) mass is 138 g/mol. The van der Waals surface area contributed by atoms with E-state index in [9.17, 15) is 9.59 Å². The fourth-order valence-corrected chi connectivity index (χ4v) is 0.727. The van der Waals surface area contributed by atoms with Gasteiger partial charge < -0.3 is 0 Å². The molecule has 1 amide bonds. The number of amides is 1. The maximum absolute atomic E-state index is 10.7. The van der Waals surface area contributed by atoms with E-state index in [-0.39, 0.29) is 5.95 Å². The highest BCUT2D eigenvalue weighted by molar-refractivity contribution is 6.43. The number of fused-ring (bicyclic) bond motifs is 1. The number of rotatable bonds is 0. The first-order valence-corrected chi connectivity index (χ1v) is 2.55. The van der Waals surface area contributed by atoms with Crippen molar-refractivity contribution in [3.63, 3.8) is 0 Å². The molecule has 6 nitrogen and oxygen atoms in total. The lowest BCUT2D eigenvalue weighted by atomic mass is 10.6. The SMILES string of the molecule is O=C1Nc2ncnn2C1=O. The average molecular weight is 138 g/mol. The van der Waals surface area contributed by atoms with Crippen LogP contribution in [0.4, 0.5) is 5.95 Å². The fraction of sp³-hybridized carbons (Fsp3) is 0. The predicted molar refractivity (Wildman–Crippen MR) is 29.3 cm³/mol. The summed E-state index contributed by atoms with van der Waals surface area (Å²) < 4.78 is 0.919. The average Bonchev–Trinajstić information content (AvgIpc) is 2.41. The number of carbonyl (C=O) groups excluding carboxylic acids is 2. The Hall–Kier alpha value is -1.72. The zero-order chi connectivity index (χ0) is 7.14. The molecule has 0 spiro atoms. The molecule has 0 fully saturated rings. The summed E-state index contributed by atoms with van der Waals surface area (Å²) in [6.07, 6.45) is 1.20. The molecule has 0 bridgehead atoms. The minimum atomic E-state index is -0.687. The summed E-state index contributed by atoms with van der Waals surface area (Å²) >= 11 is 0. The molecule has 1 aliphatic heterocycles. The van der Waals surface area contributed by atoms with Crippen molar-refractivity contribution in [1.29, 1.82) is 0 Å². The van der Waals surface area contributed by atoms with Gasteiger partial charge in [0.05, 0.1) is 0 Å². The number of nitrogens with zero attached hydrogens (tertiary/aromatic N) is 3. The van der Waals surface area contributed by atoms with Gasteiger partial charge in [0, 0.05) is 0 Å². The van der Waals surface area contributed by atoms with Crippen LogP contribution in [-0.4, -0.2) is 26.6 Å². The molecule has 0 aromatic carbocycles. The largest absolute Gasteiger partial charge is 0.339 e. The van der Waals surface area contributed by atoms with Crippen LogP contribution in [0.5, 0.6) is 0 Å². The van der Waals surface area contributed by atoms with Gasteiger partial charge in [-0.2, -0.15) is 9.67 Å². The Morgan fingerprint density at radius 2 is 2.30 bits per heavy atom. The second-order valence-corrected chi connectivity index (χ2v) is 1.75. The Balaban J connectivity index is 2.63. The third kappa shape index (κ3) is 0.426. The van der Waals surface area contributed by atoms with E-state index >= 15 is 0 Å². The van der Waals surface area contributed by atoms with Gasteiger partial charge in [-0.1, -0.05) is 0 Å². The standard InChI is InChI=1S/C4H2N4O2/c9-2-3(10)8-4(7-2)5-1-6-8/h1H,(H,5,6,7,9). The Morgan fingerprint density at radius 1 is 1.50 bits per heavy atom. The molecule has 6 heteroatoms. The number of aromatic nitrogens is 3. The molecule has 10 heavy (non-hydrogen) atoms. The maximum atomic E-state index is 10.7. The zero-order valence-corrected chi connectivity index (χ0v) is 4.74. The second-order valence-electron chi connectivity index (χ2n) is 1.75. The van der Waals surface area contributed by atoms with Gasteiger partial charge in [-0.15, -0.1) is 5.10 Å². The number of hydrogen-bond donors (Lipinski definition) is 1. The van der Waals surface area contributed by atoms with Gasteiger partial charge in [0.2, 0.25) is 5.95 Å². The van der Waals surface area contributed by atoms with E-state index in [1.54, 1.807) is 0 Å². The van der Waals surface area contributed by atoms with E-state index < -0.39 is 11.8 Å². The summed E-state index contributed by atoms with van der Waals surface area (Å²) in [7, 11) is 0. The highest BCUT2D eigenvalue weighted by atomic mass is 16.2. The number of hydrogen-bond acceptors (Lipinski definition) is 4. The fourth-order valence-electron chi connectivity index (χ4n) is 0.727. The quantitative estimate of drug-likeness (QED) is 0.460. The molecule has 2 rings (SSSR count). The third-order valence-electron chi connectivity index (χ3n) is 1.16. The van der Waals surface area contributed by atoms with E-state index in [4.69, 9.17) is 0 Å². The van der Waals surface area contributed by atoms with Crippen molar-refractivity contribution in [2.45, 2.75) is 0 Å². The Bertz CT molecular complexity index is 315. The zero-order valence-electron chi connectivity index (χ0n) is 4.74. The van der Waals surface area contributed by atoms with Crippen molar-refractivity contribution in [2.75, 3.05) is 5.32 Å². The van der Waals surface area contributed by atoms with Gasteiger partial charge in [-0.3, -0.25) is 14.9 Å². The van der Waals surface area contributed by atoms with Crippen molar-refractivity contribution in [3.05, 3.63) is 6.33 Å². The summed E-state index contributed by atoms with van der Waals surface area (Å²) in [4.78, 5) is 24.8. The maximum Gasteiger partial charge on any atom is 0.339 e. The molecule has 1 aromatic heterocycles. The van der Waals surface area contributed by atoms with Crippen LogP contribution < -0.4 is 5.32 Å². The van der Waals surface area contributed by atoms with Crippen molar-refractivity contribution in [3.8, 4) is 0 Å². The molecule has 1 aliphatic rings. The lowest BCUT2D eigenvalue weighted by Gasteiger charge is -1.80. The van der Waals surface area contributed by atoms with Crippen LogP contribution in [0.1, 0.15) is 4.79 Å². The Morgan fingerprint density at radius 3 is 3.00 bits per heavy atom. The molecule has 0 saturated heterocycles. The third-order valence-corrected chi connectivity index (χ3v) is 1.16. The molecule has 0 radical (unpaired) electrons. The molecular weight excluding hydrogens is 136 g/mol. The van der Waals surface area contributed by atoms with Gasteiger partial charge in [-0.25, -0.2) is 0 Å². The molecule has 1 N–H and O–H groups in total. The molecule has 0 unspecified atom stereocenters. The number of carbonyl (C=O) groups is 2. The Kier molecular flexibility index (Phi) is 0.717. The molecule has 50 valence electrons. The van der Waals surface area contributed by atoms with E-state index in [1.807, 2.05) is 0 Å². The van der Waals surface area contributed by atoms with Crippen molar-refractivity contribution in [2.24, 2.45) is 0 Å². The summed E-state index contributed by atoms with van der Waals surface area (Å²) in [6.45, 7) is 0. The molecule has 2 heterocycles. The Labute approximate surface area is 54.9 Å². The van der Waals surface area contributed by atoms with Crippen LogP contribution in [0, 0.1) is 0 Å². The summed E-state index contributed by atoms with van der Waals surface area (Å²) in [5, 5.41) is 5.73. The van der Waals surface area contributed by atoms with Gasteiger partial charge in [0.15, 0.2) is 0 Å². The van der Waals surface area contributed by atoms with Crippen LogP contribution in [0.25, 0.3) is 0 Å². The van der Waals surface area contributed by atoms with Crippen molar-refractivity contribution < 1.29 is 9.59 Å². The molecular formula is C4H2N4O2. The van der Waals surface area contributed by atoms with Crippen molar-refractivity contribution >= 4 is 17.8 Å². The van der Waals surface area contributed by atoms with Gasteiger partial charge in [0.1, 0.15) is 6.33 Å². The minimum absolute atomic E-state index is 0.190. The predicted octanol–water partition coefficient (Wildman–Crippen LogP) is -1.13. The van der Waals surface area contributed by atoms with Crippen LogP contribution in [0.15, 0.2) is 6.33 Å². The normalized spacial score (nSPS) is 15.2. The minimum Gasteiger partial charge on any atom is -0.286 e. The van der Waals surface area contributed by atoms with Crippen LogP contribution >= 0.6 is 0 Å². The van der Waals surface area contributed by atoms with E-state index in [1.165, 1.54) is 6.33 Å². The number of nitrogens with one attached hydrogen (secondary N) is 1. The lowest BCUT2D eigenvalue weighted by Crippen LogP contribution is -2.17. The first kappa shape index (κ1) is 5.10. The van der Waals surface area contributed by atoms with E-state index in [0.29, 0.717) is 0 Å². The van der Waals surface area contributed by atoms with Gasteiger partial charge >= 0.3 is 11.8 Å². The summed E-state index contributed by atoms with van der Waals surface area (Å²) in [6, 6.07) is 0. The van der Waals surface area contributed by atoms with Gasteiger partial charge in [-0.05, 0) is 0 Å². The molecule has 0 atom stereocenters. The highest BCUT2D eigenvalue weighted by Crippen LogP contribution is 2.07. The first-order chi connectivity index (χ1) is 4.79. The summed E-state index contributed by atoms with van der Waals surface area (Å²) in [5.41, 5.74) is 0. The smallest absolute Gasteiger partial charge is 0.286 e. The highest BCUT2D eigenvalue weighted by Gasteiger charge is 2.28. The van der Waals surface area contributed by atoms with Gasteiger partial charge in [0.25, 0.3) is 0 Å². The van der Waals surface area contributed by atoms with Crippen LogP contribution in [0.2, 0.25) is 0 Å². The lowest BCUT2D eigenvalue weighted by molar-refractivity contribution is -0.112. The molecule has 0 aliphatic carbocycles. The van der Waals surface area contributed by atoms with E-state index in [2.05, 4.69) is 15.4 Å². The van der Waals surface area contributed by atoms with Crippen LogP contribution in [-0.2, 0) is 4.79 Å². The second kappa shape index (κ2) is 1.41. The first-order valence-electron chi connectivity index (χ1n) is 2.55. The molecule has 0 saturated carbocycles. The summed E-state index contributed by atoms with van der Waals surface area (Å²) in [5.74, 6) is -1.18. The van der Waals surface area contributed by atoms with Crippen LogP contribution in [0.3, 0.4) is 0 Å². The van der Waals surface area contributed by atoms with Crippen molar-refractivity contribution in [1.82, 2.24) is 14.8 Å². The van der Waals surface area contributed by atoms with E-state index in [0.717, 1.165) is 4.68 Å². The molecule has 1 aromatic rings. The number of anilines is 1.